The zero-order valence-electron chi connectivity index (χ0n) is 12.3. The number of anilines is 1. The van der Waals surface area contributed by atoms with Gasteiger partial charge in [0.05, 0.1) is 0 Å². The lowest BCUT2D eigenvalue weighted by atomic mass is 10.1. The summed E-state index contributed by atoms with van der Waals surface area (Å²) < 4.78 is 0. The van der Waals surface area contributed by atoms with Crippen molar-refractivity contribution >= 4 is 28.3 Å². The van der Waals surface area contributed by atoms with Crippen LogP contribution < -0.4 is 16.4 Å². The summed E-state index contributed by atoms with van der Waals surface area (Å²) in [6, 6.07) is 0.487. The molecule has 8 heteroatoms. The first kappa shape index (κ1) is 15.7. The Kier molecular flexibility index (Phi) is 5.13. The summed E-state index contributed by atoms with van der Waals surface area (Å²) in [6.45, 7) is 0.553. The van der Waals surface area contributed by atoms with Crippen molar-refractivity contribution in [1.82, 2.24) is 20.5 Å². The van der Waals surface area contributed by atoms with Crippen molar-refractivity contribution in [3.63, 3.8) is 0 Å². The molecule has 2 heterocycles. The number of likely N-dealkylation sites (tertiary alicyclic amines) is 1. The van der Waals surface area contributed by atoms with Gasteiger partial charge < -0.3 is 16.4 Å². The van der Waals surface area contributed by atoms with Crippen LogP contribution in [0.25, 0.3) is 0 Å². The minimum absolute atomic E-state index is 0.0504. The van der Waals surface area contributed by atoms with Crippen LogP contribution in [0.2, 0.25) is 0 Å². The van der Waals surface area contributed by atoms with Gasteiger partial charge in [0.25, 0.3) is 5.91 Å². The van der Waals surface area contributed by atoms with Gasteiger partial charge in [-0.05, 0) is 19.9 Å². The van der Waals surface area contributed by atoms with Crippen molar-refractivity contribution in [2.75, 3.05) is 26.4 Å². The number of thiazole rings is 1. The molecule has 1 aromatic rings. The van der Waals surface area contributed by atoms with Gasteiger partial charge >= 0.3 is 0 Å². The van der Waals surface area contributed by atoms with E-state index in [2.05, 4.69) is 20.5 Å². The Morgan fingerprint density at radius 1 is 1.48 bits per heavy atom. The zero-order valence-corrected chi connectivity index (χ0v) is 13.1. The number of nitrogen functional groups attached to an aromatic ring is 1. The van der Waals surface area contributed by atoms with Gasteiger partial charge in [-0.3, -0.25) is 14.5 Å². The molecule has 1 aliphatic heterocycles. The molecule has 4 N–H and O–H groups in total. The van der Waals surface area contributed by atoms with Crippen LogP contribution in [0.4, 0.5) is 5.13 Å². The first-order valence-corrected chi connectivity index (χ1v) is 7.81. The number of carbonyl (C=O) groups is 2. The molecule has 1 aliphatic rings. The largest absolute Gasteiger partial charge is 0.375 e. The SMILES string of the molecule is CNC(=O)C[C@H]1CC[C@@H](CNC(=O)c2csc(N)n2)N1C. The molecule has 0 aromatic carbocycles. The predicted molar refractivity (Wildman–Crippen MR) is 82.1 cm³/mol. The van der Waals surface area contributed by atoms with E-state index in [0.29, 0.717) is 23.8 Å². The van der Waals surface area contributed by atoms with Crippen molar-refractivity contribution in [3.8, 4) is 0 Å². The number of aromatic nitrogens is 1. The Bertz CT molecular complexity index is 518. The summed E-state index contributed by atoms with van der Waals surface area (Å²) in [5.74, 6) is -0.152. The van der Waals surface area contributed by atoms with Gasteiger partial charge in [-0.25, -0.2) is 4.98 Å². The highest BCUT2D eigenvalue weighted by atomic mass is 32.1. The zero-order chi connectivity index (χ0) is 15.4. The molecular weight excluding hydrogens is 290 g/mol. The summed E-state index contributed by atoms with van der Waals surface area (Å²) in [6.07, 6.45) is 2.44. The highest BCUT2D eigenvalue weighted by molar-refractivity contribution is 7.13. The topological polar surface area (TPSA) is 100 Å². The Labute approximate surface area is 127 Å². The molecule has 0 bridgehead atoms. The number of likely N-dealkylation sites (N-methyl/N-ethyl adjacent to an activating group) is 1. The van der Waals surface area contributed by atoms with Crippen molar-refractivity contribution in [3.05, 3.63) is 11.1 Å². The first-order chi connectivity index (χ1) is 10.0. The quantitative estimate of drug-likeness (QED) is 0.713. The van der Waals surface area contributed by atoms with E-state index >= 15 is 0 Å². The van der Waals surface area contributed by atoms with Crippen LogP contribution in [0.5, 0.6) is 0 Å². The second kappa shape index (κ2) is 6.86. The van der Waals surface area contributed by atoms with Crippen molar-refractivity contribution in [2.24, 2.45) is 0 Å². The molecular formula is C13H21N5O2S. The maximum absolute atomic E-state index is 11.9. The third-order valence-corrected chi connectivity index (χ3v) is 4.61. The summed E-state index contributed by atoms with van der Waals surface area (Å²) in [4.78, 5) is 29.5. The number of amides is 2. The lowest BCUT2D eigenvalue weighted by molar-refractivity contribution is -0.121. The van der Waals surface area contributed by atoms with Crippen LogP contribution in [-0.2, 0) is 4.79 Å². The first-order valence-electron chi connectivity index (χ1n) is 6.93. The molecule has 2 amide bonds. The Morgan fingerprint density at radius 2 is 2.19 bits per heavy atom. The highest BCUT2D eigenvalue weighted by Crippen LogP contribution is 2.24. The molecule has 0 aliphatic carbocycles. The monoisotopic (exact) mass is 311 g/mol. The molecule has 0 saturated carbocycles. The number of rotatable bonds is 5. The number of nitrogens with two attached hydrogens (primary N) is 1. The van der Waals surface area contributed by atoms with Gasteiger partial charge in [-0.1, -0.05) is 0 Å². The van der Waals surface area contributed by atoms with Crippen molar-refractivity contribution < 1.29 is 9.59 Å². The van der Waals surface area contributed by atoms with E-state index in [1.165, 1.54) is 11.3 Å². The van der Waals surface area contributed by atoms with E-state index in [1.54, 1.807) is 12.4 Å². The lowest BCUT2D eigenvalue weighted by Crippen LogP contribution is -2.42. The van der Waals surface area contributed by atoms with Crippen LogP contribution in [0.3, 0.4) is 0 Å². The van der Waals surface area contributed by atoms with Gasteiger partial charge in [-0.2, -0.15) is 0 Å². The average Bonchev–Trinajstić information content (AvgIpc) is 3.04. The minimum Gasteiger partial charge on any atom is -0.375 e. The fourth-order valence-electron chi connectivity index (χ4n) is 2.59. The molecule has 1 saturated heterocycles. The normalized spacial score (nSPS) is 22.2. The van der Waals surface area contributed by atoms with E-state index in [0.717, 1.165) is 12.8 Å². The van der Waals surface area contributed by atoms with Gasteiger partial charge in [0, 0.05) is 37.5 Å². The predicted octanol–water partition coefficient (Wildman–Crippen LogP) is 0.0540. The molecule has 21 heavy (non-hydrogen) atoms. The smallest absolute Gasteiger partial charge is 0.270 e. The standard InChI is InChI=1S/C13H21N5O2S/c1-15-11(19)5-8-3-4-9(18(8)2)6-16-12(20)10-7-21-13(14)17-10/h7-9H,3-6H2,1-2H3,(H2,14,17)(H,15,19)(H,16,20)/t8-,9+/m1/s1. The third kappa shape index (κ3) is 3.92. The third-order valence-electron chi connectivity index (χ3n) is 3.94. The van der Waals surface area contributed by atoms with Crippen LogP contribution in [-0.4, -0.2) is 54.4 Å². The Hall–Kier alpha value is -1.67. The van der Waals surface area contributed by atoms with E-state index in [9.17, 15) is 9.59 Å². The molecule has 1 fully saturated rings. The van der Waals surface area contributed by atoms with Crippen LogP contribution in [0.15, 0.2) is 5.38 Å². The van der Waals surface area contributed by atoms with Gasteiger partial charge in [0.1, 0.15) is 5.69 Å². The molecule has 2 atom stereocenters. The fourth-order valence-corrected chi connectivity index (χ4v) is 3.13. The molecule has 116 valence electrons. The highest BCUT2D eigenvalue weighted by Gasteiger charge is 2.31. The summed E-state index contributed by atoms with van der Waals surface area (Å²) >= 11 is 1.25. The van der Waals surface area contributed by atoms with E-state index in [4.69, 9.17) is 5.73 Å². The number of nitrogens with zero attached hydrogens (tertiary/aromatic N) is 2. The van der Waals surface area contributed by atoms with E-state index in [1.807, 2.05) is 7.05 Å². The Balaban J connectivity index is 1.81. The van der Waals surface area contributed by atoms with Crippen LogP contribution in [0.1, 0.15) is 29.8 Å². The second-order valence-corrected chi connectivity index (χ2v) is 6.10. The van der Waals surface area contributed by atoms with Gasteiger partial charge in [0.15, 0.2) is 5.13 Å². The van der Waals surface area contributed by atoms with Gasteiger partial charge in [0.2, 0.25) is 5.91 Å². The van der Waals surface area contributed by atoms with Crippen molar-refractivity contribution in [2.45, 2.75) is 31.3 Å². The minimum atomic E-state index is -0.203. The molecule has 7 nitrogen and oxygen atoms in total. The van der Waals surface area contributed by atoms with E-state index < -0.39 is 0 Å². The summed E-state index contributed by atoms with van der Waals surface area (Å²) in [5, 5.41) is 7.57. The lowest BCUT2D eigenvalue weighted by Gasteiger charge is -2.25. The van der Waals surface area contributed by atoms with Crippen LogP contribution >= 0.6 is 11.3 Å². The Morgan fingerprint density at radius 3 is 2.81 bits per heavy atom. The molecule has 0 spiro atoms. The fraction of sp³-hybridized carbons (Fsp3) is 0.615. The molecule has 1 aromatic heterocycles. The molecule has 0 radical (unpaired) electrons. The average molecular weight is 311 g/mol. The number of carbonyl (C=O) groups excluding carboxylic acids is 2. The van der Waals surface area contributed by atoms with Crippen molar-refractivity contribution in [1.29, 1.82) is 0 Å². The summed E-state index contributed by atoms with van der Waals surface area (Å²) in [5.41, 5.74) is 5.88. The van der Waals surface area contributed by atoms with E-state index in [-0.39, 0.29) is 23.9 Å². The summed E-state index contributed by atoms with van der Waals surface area (Å²) in [7, 11) is 3.65. The number of hydrogen-bond acceptors (Lipinski definition) is 6. The van der Waals surface area contributed by atoms with Crippen LogP contribution in [0, 0.1) is 0 Å². The molecule has 0 unspecified atom stereocenters. The maximum atomic E-state index is 11.9. The maximum Gasteiger partial charge on any atom is 0.270 e. The van der Waals surface area contributed by atoms with Gasteiger partial charge in [-0.15, -0.1) is 11.3 Å². The second-order valence-electron chi connectivity index (χ2n) is 5.21. The molecule has 2 rings (SSSR count). The number of hydrogen-bond donors (Lipinski definition) is 3. The number of nitrogens with one attached hydrogen (secondary N) is 2.